The van der Waals surface area contributed by atoms with Gasteiger partial charge in [0, 0.05) is 74.8 Å². The Morgan fingerprint density at radius 1 is 1.04 bits per heavy atom. The second-order valence-corrected chi connectivity index (χ2v) is 19.6. The van der Waals surface area contributed by atoms with Crippen LogP contribution in [0.5, 0.6) is 0 Å². The number of nitrogens with zero attached hydrogens (tertiary/aromatic N) is 6. The molecule has 2 N–H and O–H groups in total. The van der Waals surface area contributed by atoms with Crippen LogP contribution in [0.4, 0.5) is 4.79 Å². The molecular formula is C52H66N8O8. The van der Waals surface area contributed by atoms with Gasteiger partial charge < -0.3 is 29.2 Å². The van der Waals surface area contributed by atoms with Crippen molar-refractivity contribution in [2.45, 2.75) is 104 Å². The van der Waals surface area contributed by atoms with Crippen molar-refractivity contribution in [3.8, 4) is 22.4 Å². The van der Waals surface area contributed by atoms with Gasteiger partial charge in [0.15, 0.2) is 0 Å². The van der Waals surface area contributed by atoms with E-state index in [9.17, 15) is 24.0 Å². The summed E-state index contributed by atoms with van der Waals surface area (Å²) in [5.74, 6) is -2.38. The molecule has 362 valence electrons. The molecule has 8 rings (SSSR count). The van der Waals surface area contributed by atoms with Gasteiger partial charge in [0.25, 0.3) is 11.8 Å². The summed E-state index contributed by atoms with van der Waals surface area (Å²) in [4.78, 5) is 89.4. The number of hydrogen-bond acceptors (Lipinski definition) is 11. The number of fused-ring (bicyclic) bond motifs is 6. The minimum Gasteiger partial charge on any atom is -0.464 e. The molecule has 3 fully saturated rings. The Bertz CT molecular complexity index is 2590. The van der Waals surface area contributed by atoms with E-state index in [-0.39, 0.29) is 19.1 Å². The Kier molecular flexibility index (Phi) is 14.7. The van der Waals surface area contributed by atoms with Crippen molar-refractivity contribution in [2.75, 3.05) is 47.4 Å². The van der Waals surface area contributed by atoms with E-state index >= 15 is 0 Å². The van der Waals surface area contributed by atoms with Gasteiger partial charge in [-0.25, -0.2) is 15.1 Å². The van der Waals surface area contributed by atoms with Crippen LogP contribution in [0.25, 0.3) is 33.3 Å². The van der Waals surface area contributed by atoms with Crippen LogP contribution in [0.2, 0.25) is 0 Å². The van der Waals surface area contributed by atoms with E-state index in [2.05, 4.69) is 66.9 Å². The standard InChI is InChI=1S/C49H62N8O7.C3H4O/c1-10-55-39-19-18-33-24-35(39)36(42(55)34-16-12-20-50-40(34)30(4)63-9)25-48(5,6)28-64-45(60)37-17-13-21-56(52-37)44(59)38(23-31-14-11-15-32(33)22-31)51-43(58)41(29(2)3)57-46(61)49(26-53(7)27-49)54(8)47(57)62;1-2-3-4/h11-12,14-16,18-20,22,24,29-30,37-38,41,52H,10,13,17,21,23,25-28H2,1-9H3,(H,51,58);2-3H,1H2/t30?,37-,38?,41?;/m0./s1. The fraction of sp³-hybridized carbons (Fsp3) is 0.481. The first-order chi connectivity index (χ1) is 32.4. The second-order valence-electron chi connectivity index (χ2n) is 19.6. The number of aromatic nitrogens is 2. The number of amides is 5. The third-order valence-corrected chi connectivity index (χ3v) is 13.7. The molecule has 4 atom stereocenters. The van der Waals surface area contributed by atoms with Crippen molar-refractivity contribution in [3.05, 3.63) is 90.3 Å². The maximum absolute atomic E-state index is 14.7. The third kappa shape index (κ3) is 9.45. The lowest BCUT2D eigenvalue weighted by Gasteiger charge is -2.47. The number of nitrogens with one attached hydrogen (secondary N) is 2. The molecule has 2 aromatic carbocycles. The fourth-order valence-electron chi connectivity index (χ4n) is 10.2. The van der Waals surface area contributed by atoms with Gasteiger partial charge in [-0.1, -0.05) is 64.6 Å². The number of allylic oxidation sites excluding steroid dienone is 1. The van der Waals surface area contributed by atoms with E-state index in [0.717, 1.165) is 55.0 Å². The first kappa shape index (κ1) is 49.7. The van der Waals surface area contributed by atoms with Crippen molar-refractivity contribution in [1.29, 1.82) is 0 Å². The van der Waals surface area contributed by atoms with E-state index in [1.165, 1.54) is 16.0 Å². The fourth-order valence-corrected chi connectivity index (χ4v) is 10.2. The number of likely N-dealkylation sites (tertiary alicyclic amines) is 1. The third-order valence-electron chi connectivity index (χ3n) is 13.7. The summed E-state index contributed by atoms with van der Waals surface area (Å²) in [6.45, 7) is 16.9. The van der Waals surface area contributed by atoms with Gasteiger partial charge in [-0.2, -0.15) is 0 Å². The number of aryl methyl sites for hydroxylation is 1. The number of rotatable bonds is 9. The Labute approximate surface area is 399 Å². The number of carbonyl (C=O) groups excluding carboxylic acids is 6. The molecule has 68 heavy (non-hydrogen) atoms. The van der Waals surface area contributed by atoms with E-state index < -0.39 is 64.7 Å². The number of esters is 1. The molecule has 0 radical (unpaired) electrons. The molecule has 4 aromatic rings. The molecule has 16 nitrogen and oxygen atoms in total. The monoisotopic (exact) mass is 931 g/mol. The van der Waals surface area contributed by atoms with E-state index in [4.69, 9.17) is 19.3 Å². The number of cyclic esters (lactones) is 1. The van der Waals surface area contributed by atoms with E-state index in [0.29, 0.717) is 51.7 Å². The largest absolute Gasteiger partial charge is 0.464 e. The number of aldehydes is 1. The van der Waals surface area contributed by atoms with Crippen LogP contribution in [0.1, 0.15) is 77.3 Å². The topological polar surface area (TPSA) is 176 Å². The number of ether oxygens (including phenoxy) is 2. The maximum Gasteiger partial charge on any atom is 0.328 e. The summed E-state index contributed by atoms with van der Waals surface area (Å²) in [7, 11) is 5.17. The van der Waals surface area contributed by atoms with Crippen LogP contribution in [0, 0.1) is 11.3 Å². The number of imide groups is 1. The lowest BCUT2D eigenvalue weighted by atomic mass is 9.84. The van der Waals surface area contributed by atoms with Crippen LogP contribution in [-0.4, -0.2) is 136 Å². The van der Waals surface area contributed by atoms with Gasteiger partial charge >= 0.3 is 12.0 Å². The predicted molar refractivity (Wildman–Crippen MR) is 259 cm³/mol. The number of pyridine rings is 1. The number of methoxy groups -OCH3 is 1. The van der Waals surface area contributed by atoms with Crippen molar-refractivity contribution < 1.29 is 38.2 Å². The maximum atomic E-state index is 14.7. The van der Waals surface area contributed by atoms with Crippen LogP contribution < -0.4 is 10.7 Å². The first-order valence-electron chi connectivity index (χ1n) is 23.5. The summed E-state index contributed by atoms with van der Waals surface area (Å²) in [6, 6.07) is 14.9. The molecule has 0 aliphatic carbocycles. The van der Waals surface area contributed by atoms with Gasteiger partial charge in [-0.3, -0.25) is 34.0 Å². The van der Waals surface area contributed by atoms with Crippen LogP contribution in [-0.2, 0) is 52.8 Å². The molecule has 0 saturated carbocycles. The SMILES string of the molecule is C=CC=O.CCn1c(-c2cccnc2C(C)OC)c2c3cc(ccc31)-c1cccc(c1)CC(NC(=O)C(C(C)C)N1C(=O)N(C)C3(CN(C)C3)C1=O)C(=O)N1CCC[C@H](N1)C(=O)OCC(C)(C)C2. The quantitative estimate of drug-likeness (QED) is 0.0910. The molecule has 5 amide bonds. The number of benzene rings is 2. The average Bonchev–Trinajstić information content (AvgIpc) is 3.72. The van der Waals surface area contributed by atoms with E-state index in [1.54, 1.807) is 34.2 Å². The van der Waals surface area contributed by atoms with Crippen LogP contribution >= 0.6 is 0 Å². The van der Waals surface area contributed by atoms with Crippen molar-refractivity contribution in [3.63, 3.8) is 0 Å². The highest BCUT2D eigenvalue weighted by Gasteiger charge is 2.63. The first-order valence-corrected chi connectivity index (χ1v) is 23.5. The molecule has 6 bridgehead atoms. The Morgan fingerprint density at radius 3 is 2.43 bits per heavy atom. The van der Waals surface area contributed by atoms with Gasteiger partial charge in [0.05, 0.1) is 24.1 Å². The zero-order valence-electron chi connectivity index (χ0n) is 40.8. The highest BCUT2D eigenvalue weighted by Crippen LogP contribution is 2.42. The minimum atomic E-state index is -1.16. The highest BCUT2D eigenvalue weighted by molar-refractivity contribution is 6.11. The lowest BCUT2D eigenvalue weighted by molar-refractivity contribution is -0.155. The number of likely N-dealkylation sites (N-methyl/N-ethyl adjacent to an activating group) is 2. The molecule has 4 aliphatic rings. The summed E-state index contributed by atoms with van der Waals surface area (Å²) in [5, 5.41) is 5.48. The van der Waals surface area contributed by atoms with Crippen LogP contribution in [0.15, 0.2) is 73.4 Å². The number of urea groups is 1. The number of carbonyl (C=O) groups is 6. The molecule has 3 unspecified atom stereocenters. The average molecular weight is 931 g/mol. The lowest BCUT2D eigenvalue weighted by Crippen LogP contribution is -2.70. The minimum absolute atomic E-state index is 0.104. The summed E-state index contributed by atoms with van der Waals surface area (Å²) in [5.41, 5.74) is 9.32. The summed E-state index contributed by atoms with van der Waals surface area (Å²) in [6.07, 6.45) is 5.04. The predicted octanol–water partition coefficient (Wildman–Crippen LogP) is 5.72. The van der Waals surface area contributed by atoms with Crippen molar-refractivity contribution >= 4 is 46.9 Å². The van der Waals surface area contributed by atoms with Gasteiger partial charge in [0.2, 0.25) is 5.91 Å². The summed E-state index contributed by atoms with van der Waals surface area (Å²) >= 11 is 0. The van der Waals surface area contributed by atoms with Crippen LogP contribution in [0.3, 0.4) is 0 Å². The molecule has 3 saturated heterocycles. The van der Waals surface area contributed by atoms with Crippen molar-refractivity contribution in [2.24, 2.45) is 11.3 Å². The molecule has 4 aliphatic heterocycles. The molecule has 1 spiro atoms. The highest BCUT2D eigenvalue weighted by atomic mass is 16.5. The molecule has 2 aromatic heterocycles. The zero-order chi connectivity index (χ0) is 49.2. The van der Waals surface area contributed by atoms with Gasteiger partial charge in [-0.05, 0) is 98.7 Å². The molecule has 16 heteroatoms. The Balaban J connectivity index is 0.00000165. The number of hydrazine groups is 1. The van der Waals surface area contributed by atoms with Gasteiger partial charge in [-0.15, -0.1) is 0 Å². The van der Waals surface area contributed by atoms with Gasteiger partial charge in [0.1, 0.15) is 30.0 Å². The Morgan fingerprint density at radius 2 is 1.76 bits per heavy atom. The summed E-state index contributed by atoms with van der Waals surface area (Å²) < 4.78 is 14.3. The number of hydrogen-bond donors (Lipinski definition) is 2. The van der Waals surface area contributed by atoms with E-state index in [1.807, 2.05) is 49.2 Å². The van der Waals surface area contributed by atoms with Crippen molar-refractivity contribution in [1.82, 2.24) is 40.0 Å². The molecule has 6 heterocycles. The molecular weight excluding hydrogens is 865 g/mol. The second kappa shape index (κ2) is 20.2. The Hall–Kier alpha value is -6.23. The normalized spacial score (nSPS) is 21.4. The smallest absolute Gasteiger partial charge is 0.328 e. The zero-order valence-corrected chi connectivity index (χ0v) is 40.8.